The fraction of sp³-hybridized carbons (Fsp3) is 0.0732. The van der Waals surface area contributed by atoms with Crippen LogP contribution in [0.3, 0.4) is 0 Å². The molecule has 4 aliphatic rings. The average Bonchev–Trinajstić information content (AvgIpc) is 1.50. The first-order chi connectivity index (χ1) is 46.1. The molecule has 94 heavy (non-hydrogen) atoms. The lowest BCUT2D eigenvalue weighted by Crippen LogP contribution is -2.26. The second-order valence-corrected chi connectivity index (χ2v) is 26.2. The van der Waals surface area contributed by atoms with E-state index in [4.69, 9.17) is 37.6 Å². The van der Waals surface area contributed by atoms with Crippen molar-refractivity contribution in [1.29, 1.82) is 0 Å². The number of aryl methyl sites for hydroxylation is 4. The van der Waals surface area contributed by atoms with Crippen LogP contribution in [0.5, 0.6) is 0 Å². The van der Waals surface area contributed by atoms with Gasteiger partial charge in [0.2, 0.25) is 0 Å². The Labute approximate surface area is 556 Å². The monoisotopic (exact) mass is 1340 g/mol. The number of hydrogen-bond donors (Lipinski definition) is 0. The third kappa shape index (κ3) is 7.40. The molecule has 0 saturated carbocycles. The Balaban J connectivity index is 0.000000152. The molecule has 0 radical (unpaired) electrons. The molecule has 0 saturated heterocycles. The van der Waals surface area contributed by atoms with Crippen LogP contribution >= 0.6 is 31.9 Å². The van der Waals surface area contributed by atoms with Gasteiger partial charge in [0, 0.05) is 81.6 Å². The molecule has 16 aromatic rings. The molecule has 12 heteroatoms. The lowest BCUT2D eigenvalue weighted by atomic mass is 9.70. The van der Waals surface area contributed by atoms with E-state index in [-0.39, 0.29) is 0 Å². The number of para-hydroxylation sites is 4. The molecular formula is C82H52Br2N6O4. The van der Waals surface area contributed by atoms with E-state index in [0.717, 1.165) is 132 Å². The van der Waals surface area contributed by atoms with Crippen molar-refractivity contribution in [1.82, 2.24) is 19.9 Å². The standard InChI is InChI=1S/C53H36N4O2.C29H16Br2N2O2/c1-33-54-49-45(56(35-19-7-3-8-20-35)36-21-9-4-10-22-36)31-43-47(51(49)58-33)48-44(53(43)41-29-17-15-27-39(41)40-28-16-18-30-42(40)53)32-46(50-52(48)59-34(2)55-50)57(37-23-11-5-12-24-37)38-25-13-6-14-26-38;1-13-32-25-21(30)11-19-23(27(25)34-13)24-20(12-22(31)26-28(24)35-14(2)33-26)29(19)17-9-5-3-7-15(17)16-8-4-6-10-18(16)29/h3-32H,1-2H3;3-12H,1-2H3. The number of anilines is 6. The lowest BCUT2D eigenvalue weighted by molar-refractivity contribution is 0.558. The summed E-state index contributed by atoms with van der Waals surface area (Å²) in [7, 11) is 0. The van der Waals surface area contributed by atoms with Gasteiger partial charge in [0.1, 0.15) is 22.1 Å². The molecule has 4 aromatic heterocycles. The Morgan fingerprint density at radius 1 is 0.277 bits per heavy atom. The number of oxazole rings is 4. The average molecular weight is 1350 g/mol. The fourth-order valence-corrected chi connectivity index (χ4v) is 17.2. The van der Waals surface area contributed by atoms with Crippen LogP contribution in [0.2, 0.25) is 0 Å². The highest BCUT2D eigenvalue weighted by molar-refractivity contribution is 9.11. The van der Waals surface area contributed by atoms with Crippen molar-refractivity contribution in [2.75, 3.05) is 9.80 Å². The number of rotatable bonds is 6. The van der Waals surface area contributed by atoms with Crippen molar-refractivity contribution in [2.45, 2.75) is 38.5 Å². The summed E-state index contributed by atoms with van der Waals surface area (Å²) in [6.45, 7) is 7.65. The zero-order valence-corrected chi connectivity index (χ0v) is 54.3. The smallest absolute Gasteiger partial charge is 0.192 e. The third-order valence-electron chi connectivity index (χ3n) is 19.5. The third-order valence-corrected chi connectivity index (χ3v) is 20.7. The van der Waals surface area contributed by atoms with Crippen LogP contribution < -0.4 is 9.80 Å². The number of benzene rings is 12. The molecule has 0 atom stereocenters. The normalized spacial score (nSPS) is 13.6. The van der Waals surface area contributed by atoms with E-state index in [1.807, 2.05) is 27.7 Å². The van der Waals surface area contributed by atoms with Crippen molar-refractivity contribution in [2.24, 2.45) is 0 Å². The molecule has 0 aliphatic heterocycles. The second-order valence-electron chi connectivity index (χ2n) is 24.5. The zero-order chi connectivity index (χ0) is 62.9. The van der Waals surface area contributed by atoms with E-state index in [1.165, 1.54) is 44.5 Å². The van der Waals surface area contributed by atoms with Gasteiger partial charge < -0.3 is 27.5 Å². The van der Waals surface area contributed by atoms with Gasteiger partial charge in [0.25, 0.3) is 0 Å². The summed E-state index contributed by atoms with van der Waals surface area (Å²) in [5.74, 6) is 2.44. The maximum atomic E-state index is 6.87. The van der Waals surface area contributed by atoms with Gasteiger partial charge in [-0.2, -0.15) is 0 Å². The van der Waals surface area contributed by atoms with Crippen molar-refractivity contribution in [3.63, 3.8) is 0 Å². The van der Waals surface area contributed by atoms with Gasteiger partial charge in [-0.1, -0.05) is 170 Å². The minimum absolute atomic E-state index is 0.521. The van der Waals surface area contributed by atoms with Gasteiger partial charge in [-0.3, -0.25) is 0 Å². The summed E-state index contributed by atoms with van der Waals surface area (Å²) in [5.41, 5.74) is 29.2. The number of aromatic nitrogens is 4. The topological polar surface area (TPSA) is 111 Å². The van der Waals surface area contributed by atoms with Crippen molar-refractivity contribution < 1.29 is 17.7 Å². The largest absolute Gasteiger partial charge is 0.440 e. The molecule has 4 heterocycles. The summed E-state index contributed by atoms with van der Waals surface area (Å²) >= 11 is 7.64. The van der Waals surface area contributed by atoms with Gasteiger partial charge in [-0.25, -0.2) is 19.9 Å². The number of fused-ring (bicyclic) bond motifs is 28. The van der Waals surface area contributed by atoms with Gasteiger partial charge in [-0.05, 0) is 171 Å². The van der Waals surface area contributed by atoms with Crippen LogP contribution in [0.25, 0.3) is 88.9 Å². The maximum Gasteiger partial charge on any atom is 0.192 e. The highest BCUT2D eigenvalue weighted by Gasteiger charge is 2.56. The molecule has 0 unspecified atom stereocenters. The zero-order valence-electron chi connectivity index (χ0n) is 51.2. The lowest BCUT2D eigenvalue weighted by Gasteiger charge is -2.33. The van der Waals surface area contributed by atoms with Gasteiger partial charge >= 0.3 is 0 Å². The molecule has 2 spiro atoms. The summed E-state index contributed by atoms with van der Waals surface area (Å²) in [4.78, 5) is 24.4. The van der Waals surface area contributed by atoms with Crippen molar-refractivity contribution >= 4 is 110 Å². The highest BCUT2D eigenvalue weighted by atomic mass is 79.9. The Hall–Kier alpha value is -10.9. The van der Waals surface area contributed by atoms with Crippen LogP contribution in [0.1, 0.15) is 68.1 Å². The fourth-order valence-electron chi connectivity index (χ4n) is 16.2. The maximum absolute atomic E-state index is 6.87. The van der Waals surface area contributed by atoms with E-state index in [2.05, 4.69) is 284 Å². The SMILES string of the molecule is Cc1nc2c(Br)cc3c(c2o1)-c1c(cc(Br)c2nc(C)oc12)C31c2ccccc2-c2ccccc21.Cc1nc2c(N(c3ccccc3)c3ccccc3)cc3c(c2o1)-c1c(cc(N(c2ccccc2)c2ccccc2)c2nc(C)oc12)C31c2ccccc2-c2ccccc21. The first-order valence-electron chi connectivity index (χ1n) is 31.4. The molecular weight excluding hydrogens is 1290 g/mol. The summed E-state index contributed by atoms with van der Waals surface area (Å²) in [6.07, 6.45) is 0. The predicted molar refractivity (Wildman–Crippen MR) is 379 cm³/mol. The van der Waals surface area contributed by atoms with E-state index in [0.29, 0.717) is 23.6 Å². The minimum Gasteiger partial charge on any atom is -0.440 e. The number of hydrogen-bond acceptors (Lipinski definition) is 10. The van der Waals surface area contributed by atoms with Gasteiger partial charge in [0.15, 0.2) is 45.9 Å². The molecule has 10 nitrogen and oxygen atoms in total. The Bertz CT molecular complexity index is 5420. The van der Waals surface area contributed by atoms with Crippen LogP contribution in [-0.2, 0) is 10.8 Å². The molecule has 0 bridgehead atoms. The Kier molecular flexibility index (Phi) is 11.8. The summed E-state index contributed by atoms with van der Waals surface area (Å²) < 4.78 is 28.2. The molecule has 0 fully saturated rings. The summed E-state index contributed by atoms with van der Waals surface area (Å²) in [5, 5.41) is 0. The van der Waals surface area contributed by atoms with Gasteiger partial charge in [-0.15, -0.1) is 0 Å². The Morgan fingerprint density at radius 2 is 0.511 bits per heavy atom. The van der Waals surface area contributed by atoms with E-state index in [9.17, 15) is 0 Å². The van der Waals surface area contributed by atoms with E-state index >= 15 is 0 Å². The molecule has 0 N–H and O–H groups in total. The molecule has 448 valence electrons. The number of halogens is 2. The minimum atomic E-state index is -0.761. The van der Waals surface area contributed by atoms with Crippen LogP contribution in [0, 0.1) is 27.7 Å². The quantitative estimate of drug-likeness (QED) is 0.160. The molecule has 0 amide bonds. The van der Waals surface area contributed by atoms with Crippen LogP contribution in [-0.4, -0.2) is 19.9 Å². The summed E-state index contributed by atoms with van der Waals surface area (Å²) in [6, 6.07) is 86.5. The van der Waals surface area contributed by atoms with E-state index in [1.54, 1.807) is 0 Å². The van der Waals surface area contributed by atoms with E-state index < -0.39 is 10.8 Å². The second kappa shape index (κ2) is 20.3. The molecule has 20 rings (SSSR count). The predicted octanol–water partition coefficient (Wildman–Crippen LogP) is 22.3. The first kappa shape index (κ1) is 54.8. The first-order valence-corrected chi connectivity index (χ1v) is 33.0. The highest BCUT2D eigenvalue weighted by Crippen LogP contribution is 2.69. The van der Waals surface area contributed by atoms with Gasteiger partial charge in [0.05, 0.1) is 22.2 Å². The molecule has 12 aromatic carbocycles. The van der Waals surface area contributed by atoms with Crippen molar-refractivity contribution in [3.8, 4) is 44.5 Å². The molecule has 4 aliphatic carbocycles. The Morgan fingerprint density at radius 3 is 0.798 bits per heavy atom. The van der Waals surface area contributed by atoms with Crippen molar-refractivity contribution in [3.05, 3.63) is 320 Å². The number of nitrogens with zero attached hydrogens (tertiary/aromatic N) is 6. The van der Waals surface area contributed by atoms with Crippen LogP contribution in [0.4, 0.5) is 34.1 Å². The van der Waals surface area contributed by atoms with Crippen LogP contribution in [0.15, 0.2) is 269 Å².